The van der Waals surface area contributed by atoms with E-state index in [0.717, 1.165) is 24.3 Å². The van der Waals surface area contributed by atoms with Crippen LogP contribution in [0.1, 0.15) is 64.2 Å². The number of hydrogen-bond donors (Lipinski definition) is 0. The number of benzene rings is 1. The Morgan fingerprint density at radius 2 is 0.821 bits per heavy atom. The molecule has 14 nitrogen and oxygen atoms in total. The Balaban J connectivity index is 0.898. The van der Waals surface area contributed by atoms with Crippen LogP contribution in [0.5, 0.6) is 0 Å². The van der Waals surface area contributed by atoms with Gasteiger partial charge in [-0.2, -0.15) is 35.1 Å². The minimum atomic E-state index is -6.78. The first kappa shape index (κ1) is 49.7. The van der Waals surface area contributed by atoms with Gasteiger partial charge in [-0.15, -0.1) is 0 Å². The van der Waals surface area contributed by atoms with E-state index in [1.807, 2.05) is 0 Å². The van der Waals surface area contributed by atoms with Crippen molar-refractivity contribution < 1.29 is 113 Å². The van der Waals surface area contributed by atoms with E-state index < -0.39 is 201 Å². The van der Waals surface area contributed by atoms with Gasteiger partial charge in [-0.25, -0.2) is 0 Å². The zero-order valence-electron chi connectivity index (χ0n) is 34.2. The summed E-state index contributed by atoms with van der Waals surface area (Å²) in [6.07, 6.45) is -1.94. The molecule has 4 atom stereocenters. The van der Waals surface area contributed by atoms with Crippen LogP contribution in [0.25, 0.3) is 0 Å². The molecule has 8 aliphatic carbocycles. The van der Waals surface area contributed by atoms with Crippen molar-refractivity contribution in [2.45, 2.75) is 121 Å². The van der Waals surface area contributed by atoms with Gasteiger partial charge in [0.1, 0.15) is 0 Å². The zero-order valence-corrected chi connectivity index (χ0v) is 38.0. The molecule has 0 aromatic heterocycles. The molecule has 67 heavy (non-hydrogen) atoms. The second-order valence-electron chi connectivity index (χ2n) is 18.8. The number of carbonyl (C=O) groups is 2. The van der Waals surface area contributed by atoms with Gasteiger partial charge in [-0.1, -0.05) is 0 Å². The van der Waals surface area contributed by atoms with Gasteiger partial charge >= 0.3 is 347 Å². The third kappa shape index (κ3) is 7.86. The molecule has 11 rings (SSSR count). The summed E-state index contributed by atoms with van der Waals surface area (Å²) in [5, 5.41) is -11.5. The van der Waals surface area contributed by atoms with Gasteiger partial charge in [0.25, 0.3) is 0 Å². The average molecular weight is 1140 g/mol. The molecule has 1 aromatic carbocycles. The minimum absolute atomic E-state index is 0.0838. The topological polar surface area (TPSA) is 176 Å². The van der Waals surface area contributed by atoms with Crippen LogP contribution in [0.2, 0.25) is 0 Å². The van der Waals surface area contributed by atoms with Crippen molar-refractivity contribution in [2.24, 2.45) is 35.5 Å². The van der Waals surface area contributed by atoms with Crippen molar-refractivity contribution in [3.8, 4) is 0 Å². The van der Waals surface area contributed by atoms with E-state index >= 15 is 17.6 Å². The van der Waals surface area contributed by atoms with E-state index in [9.17, 15) is 61.5 Å². The average Bonchev–Trinajstić information content (AvgIpc) is 3.37. The third-order valence-corrected chi connectivity index (χ3v) is 23.1. The van der Waals surface area contributed by atoms with Gasteiger partial charge in [0.05, 0.1) is 0 Å². The molecule has 4 unspecified atom stereocenters. The molecule has 0 radical (unpaired) electrons. The van der Waals surface area contributed by atoms with E-state index in [2.05, 4.69) is 5.03 Å². The van der Waals surface area contributed by atoms with Crippen LogP contribution >= 0.6 is 20.6 Å². The predicted molar refractivity (Wildman–Crippen MR) is 203 cm³/mol. The van der Waals surface area contributed by atoms with Crippen molar-refractivity contribution >= 4 is 52.8 Å². The summed E-state index contributed by atoms with van der Waals surface area (Å²) >= 11 is -5.48. The van der Waals surface area contributed by atoms with Crippen LogP contribution in [-0.2, 0) is 63.3 Å². The molecule has 2 saturated heterocycles. The third-order valence-electron chi connectivity index (χ3n) is 14.4. The molecule has 0 amide bonds. The van der Waals surface area contributed by atoms with Crippen molar-refractivity contribution in [3.63, 3.8) is 0 Å². The fraction of sp³-hybridized carbons (Fsp3) is 0.789. The number of carbonyl (C=O) groups excluding carboxylic acids is 2. The van der Waals surface area contributed by atoms with Gasteiger partial charge in [0, 0.05) is 0 Å². The van der Waals surface area contributed by atoms with E-state index in [0.29, 0.717) is 0 Å². The Hall–Kier alpha value is -2.29. The standard InChI is InChI=1S/C38H39F12IO14S2/c39-31(40)16-58-35(59-17-32(31,41)42)22-6-20-7-23(35)13-29(10-20,12-22)62-27(52)37(47,48)66(54,55)64-51(26-4-2-1-3-5-26)65-67(56,57)38(49,50)28(53)63-30-11-21-8-24(14-30)36(25(9-21)15-30)60-18-33(43,44)34(45,46)19-61-36/h1-5,20-25H,6-19H2. The number of halogens is 13. The zero-order chi connectivity index (χ0) is 48.9. The van der Waals surface area contributed by atoms with Crippen molar-refractivity contribution in [1.29, 1.82) is 0 Å². The van der Waals surface area contributed by atoms with Crippen molar-refractivity contribution in [2.75, 3.05) is 26.4 Å². The molecular weight excluding hydrogens is 1100 g/mol. The molecule has 8 bridgehead atoms. The van der Waals surface area contributed by atoms with Crippen molar-refractivity contribution in [3.05, 3.63) is 33.9 Å². The van der Waals surface area contributed by atoms with Gasteiger partial charge in [0.2, 0.25) is 0 Å². The summed E-state index contributed by atoms with van der Waals surface area (Å²) in [7, 11) is -13.6. The van der Waals surface area contributed by atoms with E-state index in [4.69, 9.17) is 28.4 Å². The van der Waals surface area contributed by atoms with Crippen LogP contribution < -0.4 is 0 Å². The molecule has 2 aliphatic heterocycles. The summed E-state index contributed by atoms with van der Waals surface area (Å²) in [6, 6.07) is 5.06. The summed E-state index contributed by atoms with van der Waals surface area (Å²) in [5.74, 6) is -33.5. The van der Waals surface area contributed by atoms with Crippen LogP contribution in [-0.4, -0.2) is 112 Å². The van der Waals surface area contributed by atoms with Gasteiger partial charge in [-0.3, -0.25) is 0 Å². The Morgan fingerprint density at radius 1 is 0.522 bits per heavy atom. The number of rotatable bonds is 11. The molecule has 2 heterocycles. The summed E-state index contributed by atoms with van der Waals surface area (Å²) in [5.41, 5.74) is -3.86. The molecule has 378 valence electrons. The van der Waals surface area contributed by atoms with E-state index in [1.54, 1.807) is 0 Å². The van der Waals surface area contributed by atoms with Crippen LogP contribution in [0.3, 0.4) is 0 Å². The maximum atomic E-state index is 15.9. The molecule has 1 aromatic rings. The first-order valence-electron chi connectivity index (χ1n) is 20.7. The normalized spacial score (nSPS) is 36.6. The quantitative estimate of drug-likeness (QED) is 0.122. The summed E-state index contributed by atoms with van der Waals surface area (Å²) < 4.78 is 270. The first-order chi connectivity index (χ1) is 30.7. The van der Waals surface area contributed by atoms with Gasteiger partial charge in [0.15, 0.2) is 0 Å². The Bertz CT molecular complexity index is 2180. The van der Waals surface area contributed by atoms with Crippen LogP contribution in [0.4, 0.5) is 52.7 Å². The molecular formula is C38H39F12IO14S2. The number of ether oxygens (including phenoxy) is 6. The Kier molecular flexibility index (Phi) is 11.6. The monoisotopic (exact) mass is 1140 g/mol. The number of hydrogen-bond acceptors (Lipinski definition) is 14. The molecule has 2 spiro atoms. The Labute approximate surface area is 381 Å². The predicted octanol–water partition coefficient (Wildman–Crippen LogP) is 7.34. The fourth-order valence-corrected chi connectivity index (χ4v) is 19.7. The first-order valence-corrected chi connectivity index (χ1v) is 26.3. The van der Waals surface area contributed by atoms with Gasteiger partial charge in [-0.05, 0) is 0 Å². The van der Waals surface area contributed by atoms with E-state index in [1.165, 1.54) is 6.07 Å². The molecule has 0 N–H and O–H groups in total. The summed E-state index contributed by atoms with van der Waals surface area (Å²) in [6.45, 7) is -7.03. The Morgan fingerprint density at radius 3 is 1.12 bits per heavy atom. The molecule has 29 heteroatoms. The SMILES string of the molecule is O=C(OC12CC3CC(C1)C1(OCC(F)(F)C(F)(F)CO1)C(C3)C2)C(F)(F)S(=O)(=O)OI(OS(=O)(=O)C(F)(F)C(=O)OC12CC3CC(C1)C1(OCC(F)(F)C(F)(F)CO1)C(C3)C2)c1ccccc1. The van der Waals surface area contributed by atoms with E-state index in [-0.39, 0.29) is 38.5 Å². The second kappa shape index (κ2) is 15.6. The maximum absolute atomic E-state index is 15.9. The van der Waals surface area contributed by atoms with Gasteiger partial charge < -0.3 is 0 Å². The van der Waals surface area contributed by atoms with Crippen LogP contribution in [0, 0.1) is 39.1 Å². The molecule has 10 fully saturated rings. The molecule has 8 saturated carbocycles. The fourth-order valence-electron chi connectivity index (χ4n) is 11.8. The van der Waals surface area contributed by atoms with Crippen molar-refractivity contribution in [1.82, 2.24) is 0 Å². The van der Waals surface area contributed by atoms with Crippen LogP contribution in [0.15, 0.2) is 30.3 Å². The molecule has 10 aliphatic rings. The number of esters is 2. The second-order valence-corrected chi connectivity index (χ2v) is 26.6. The number of alkyl halides is 12. The summed E-state index contributed by atoms with van der Waals surface area (Å²) in [4.78, 5) is 26.4.